The summed E-state index contributed by atoms with van der Waals surface area (Å²) in [6.07, 6.45) is 1.54. The Hall–Kier alpha value is -1.43. The SMILES string of the molecule is CC(C)c1noc(CN2CCCC2(C)C(=O)O)n1. The van der Waals surface area contributed by atoms with Crippen LogP contribution in [0.15, 0.2) is 4.52 Å². The Morgan fingerprint density at radius 2 is 2.33 bits per heavy atom. The number of carbonyl (C=O) groups is 1. The summed E-state index contributed by atoms with van der Waals surface area (Å²) < 4.78 is 5.17. The van der Waals surface area contributed by atoms with E-state index >= 15 is 0 Å². The van der Waals surface area contributed by atoms with Crippen LogP contribution < -0.4 is 0 Å². The van der Waals surface area contributed by atoms with Gasteiger partial charge in [0.05, 0.1) is 6.54 Å². The second kappa shape index (κ2) is 4.68. The van der Waals surface area contributed by atoms with E-state index in [0.29, 0.717) is 24.7 Å². The molecule has 0 radical (unpaired) electrons. The molecule has 2 heterocycles. The van der Waals surface area contributed by atoms with E-state index in [1.54, 1.807) is 6.92 Å². The minimum atomic E-state index is -0.813. The molecule has 2 rings (SSSR count). The van der Waals surface area contributed by atoms with Crippen molar-refractivity contribution in [1.82, 2.24) is 15.0 Å². The van der Waals surface area contributed by atoms with Gasteiger partial charge in [-0.1, -0.05) is 19.0 Å². The average molecular weight is 253 g/mol. The van der Waals surface area contributed by atoms with Crippen molar-refractivity contribution in [2.45, 2.75) is 51.6 Å². The Bertz CT molecular complexity index is 444. The van der Waals surface area contributed by atoms with E-state index < -0.39 is 11.5 Å². The first kappa shape index (κ1) is 13.0. The highest BCUT2D eigenvalue weighted by molar-refractivity contribution is 5.78. The maximum absolute atomic E-state index is 11.3. The Morgan fingerprint density at radius 3 is 2.89 bits per heavy atom. The Morgan fingerprint density at radius 1 is 1.61 bits per heavy atom. The molecule has 1 aliphatic heterocycles. The van der Waals surface area contributed by atoms with Gasteiger partial charge < -0.3 is 9.63 Å². The van der Waals surface area contributed by atoms with E-state index in [9.17, 15) is 9.90 Å². The van der Waals surface area contributed by atoms with Gasteiger partial charge in [0.2, 0.25) is 5.89 Å². The van der Waals surface area contributed by atoms with Crippen LogP contribution in [0.25, 0.3) is 0 Å². The number of carboxylic acids is 1. The Labute approximate surface area is 106 Å². The predicted octanol–water partition coefficient (Wildman–Crippen LogP) is 1.63. The van der Waals surface area contributed by atoms with Crippen molar-refractivity contribution in [2.75, 3.05) is 6.54 Å². The number of aromatic nitrogens is 2. The van der Waals surface area contributed by atoms with Gasteiger partial charge in [-0.05, 0) is 26.3 Å². The molecule has 100 valence electrons. The number of hydrogen-bond donors (Lipinski definition) is 1. The molecule has 1 saturated heterocycles. The lowest BCUT2D eigenvalue weighted by atomic mass is 9.99. The number of rotatable bonds is 4. The van der Waals surface area contributed by atoms with Gasteiger partial charge >= 0.3 is 5.97 Å². The predicted molar refractivity (Wildman–Crippen MR) is 64.1 cm³/mol. The van der Waals surface area contributed by atoms with Crippen LogP contribution in [0.2, 0.25) is 0 Å². The summed E-state index contributed by atoms with van der Waals surface area (Å²) in [5, 5.41) is 13.2. The van der Waals surface area contributed by atoms with Gasteiger partial charge in [0, 0.05) is 5.92 Å². The minimum absolute atomic E-state index is 0.215. The molecule has 1 N–H and O–H groups in total. The molecule has 1 atom stereocenters. The van der Waals surface area contributed by atoms with Gasteiger partial charge in [-0.3, -0.25) is 9.69 Å². The van der Waals surface area contributed by atoms with E-state index in [1.165, 1.54) is 0 Å². The molecular formula is C12H19N3O3. The van der Waals surface area contributed by atoms with E-state index in [1.807, 2.05) is 18.7 Å². The largest absolute Gasteiger partial charge is 0.480 e. The number of hydrogen-bond acceptors (Lipinski definition) is 5. The zero-order valence-electron chi connectivity index (χ0n) is 11.0. The molecule has 1 aromatic rings. The van der Waals surface area contributed by atoms with Gasteiger partial charge in [-0.25, -0.2) is 0 Å². The lowest BCUT2D eigenvalue weighted by Crippen LogP contribution is -2.47. The monoisotopic (exact) mass is 253 g/mol. The first-order valence-corrected chi connectivity index (χ1v) is 6.24. The second-order valence-electron chi connectivity index (χ2n) is 5.31. The van der Waals surface area contributed by atoms with Gasteiger partial charge in [0.15, 0.2) is 5.82 Å². The standard InChI is InChI=1S/C12H19N3O3/c1-8(2)10-13-9(18-14-10)7-15-6-4-5-12(15,3)11(16)17/h8H,4-7H2,1-3H3,(H,16,17). The molecule has 1 unspecified atom stereocenters. The van der Waals surface area contributed by atoms with E-state index in [-0.39, 0.29) is 5.92 Å². The quantitative estimate of drug-likeness (QED) is 0.878. The molecule has 0 aliphatic carbocycles. The molecule has 0 bridgehead atoms. The molecule has 1 aromatic heterocycles. The summed E-state index contributed by atoms with van der Waals surface area (Å²) in [6, 6.07) is 0. The van der Waals surface area contributed by atoms with Crippen molar-refractivity contribution in [1.29, 1.82) is 0 Å². The molecule has 6 nitrogen and oxygen atoms in total. The highest BCUT2D eigenvalue weighted by Crippen LogP contribution is 2.30. The topological polar surface area (TPSA) is 79.5 Å². The first-order chi connectivity index (χ1) is 8.43. The van der Waals surface area contributed by atoms with Crippen molar-refractivity contribution < 1.29 is 14.4 Å². The molecule has 0 amide bonds. The van der Waals surface area contributed by atoms with Gasteiger partial charge in [0.1, 0.15) is 5.54 Å². The van der Waals surface area contributed by atoms with Crippen molar-refractivity contribution in [3.8, 4) is 0 Å². The minimum Gasteiger partial charge on any atom is -0.480 e. The third-order valence-electron chi connectivity index (χ3n) is 3.58. The van der Waals surface area contributed by atoms with Crippen LogP contribution >= 0.6 is 0 Å². The van der Waals surface area contributed by atoms with Gasteiger partial charge in [-0.2, -0.15) is 4.98 Å². The third-order valence-corrected chi connectivity index (χ3v) is 3.58. The number of likely N-dealkylation sites (tertiary alicyclic amines) is 1. The summed E-state index contributed by atoms with van der Waals surface area (Å²) >= 11 is 0. The highest BCUT2D eigenvalue weighted by Gasteiger charge is 2.43. The third kappa shape index (κ3) is 2.25. The number of aliphatic carboxylic acids is 1. The lowest BCUT2D eigenvalue weighted by Gasteiger charge is -2.29. The molecular weight excluding hydrogens is 234 g/mol. The van der Waals surface area contributed by atoms with Crippen molar-refractivity contribution in [2.24, 2.45) is 0 Å². The summed E-state index contributed by atoms with van der Waals surface area (Å²) in [7, 11) is 0. The van der Waals surface area contributed by atoms with E-state index in [4.69, 9.17) is 4.52 Å². The Kier molecular flexibility index (Phi) is 3.38. The maximum Gasteiger partial charge on any atom is 0.323 e. The summed E-state index contributed by atoms with van der Waals surface area (Å²) in [6.45, 7) is 6.89. The lowest BCUT2D eigenvalue weighted by molar-refractivity contribution is -0.149. The number of nitrogens with zero attached hydrogens (tertiary/aromatic N) is 3. The molecule has 6 heteroatoms. The number of carboxylic acid groups (broad SMARTS) is 1. The summed E-state index contributed by atoms with van der Waals surface area (Å²) in [4.78, 5) is 17.5. The van der Waals surface area contributed by atoms with E-state index in [2.05, 4.69) is 10.1 Å². The van der Waals surface area contributed by atoms with Crippen LogP contribution in [0.1, 0.15) is 51.2 Å². The fraction of sp³-hybridized carbons (Fsp3) is 0.750. The molecule has 1 aliphatic rings. The van der Waals surface area contributed by atoms with E-state index in [0.717, 1.165) is 13.0 Å². The molecule has 0 aromatic carbocycles. The summed E-state index contributed by atoms with van der Waals surface area (Å²) in [5.74, 6) is 0.588. The van der Waals surface area contributed by atoms with Crippen LogP contribution in [0.5, 0.6) is 0 Å². The average Bonchev–Trinajstić information content (AvgIpc) is 2.88. The fourth-order valence-electron chi connectivity index (χ4n) is 2.24. The smallest absolute Gasteiger partial charge is 0.323 e. The normalized spacial score (nSPS) is 24.9. The van der Waals surface area contributed by atoms with Crippen molar-refractivity contribution >= 4 is 5.97 Å². The van der Waals surface area contributed by atoms with Crippen LogP contribution in [-0.2, 0) is 11.3 Å². The Balaban J connectivity index is 2.10. The zero-order chi connectivity index (χ0) is 13.3. The zero-order valence-corrected chi connectivity index (χ0v) is 11.0. The summed E-state index contributed by atoms with van der Waals surface area (Å²) in [5.41, 5.74) is -0.813. The van der Waals surface area contributed by atoms with Crippen molar-refractivity contribution in [3.63, 3.8) is 0 Å². The van der Waals surface area contributed by atoms with Gasteiger partial charge in [-0.15, -0.1) is 0 Å². The fourth-order valence-corrected chi connectivity index (χ4v) is 2.24. The van der Waals surface area contributed by atoms with Crippen LogP contribution in [0.3, 0.4) is 0 Å². The van der Waals surface area contributed by atoms with Gasteiger partial charge in [0.25, 0.3) is 0 Å². The molecule has 0 spiro atoms. The first-order valence-electron chi connectivity index (χ1n) is 6.24. The highest BCUT2D eigenvalue weighted by atomic mass is 16.5. The van der Waals surface area contributed by atoms with Crippen molar-refractivity contribution in [3.05, 3.63) is 11.7 Å². The maximum atomic E-state index is 11.3. The van der Waals surface area contributed by atoms with Crippen LogP contribution in [0.4, 0.5) is 0 Å². The van der Waals surface area contributed by atoms with Crippen LogP contribution in [-0.4, -0.2) is 38.2 Å². The molecule has 18 heavy (non-hydrogen) atoms. The van der Waals surface area contributed by atoms with Crippen LogP contribution in [0, 0.1) is 0 Å². The second-order valence-corrected chi connectivity index (χ2v) is 5.31. The molecule has 1 fully saturated rings. The molecule has 0 saturated carbocycles.